The summed E-state index contributed by atoms with van der Waals surface area (Å²) in [5.74, 6) is 0.0315. The minimum atomic E-state index is 0.0315. The van der Waals surface area contributed by atoms with Gasteiger partial charge in [0.15, 0.2) is 0 Å². The van der Waals surface area contributed by atoms with Crippen LogP contribution < -0.4 is 5.32 Å². The molecule has 1 aromatic rings. The fourth-order valence-electron chi connectivity index (χ4n) is 2.10. The predicted molar refractivity (Wildman–Crippen MR) is 73.8 cm³/mol. The highest BCUT2D eigenvalue weighted by molar-refractivity contribution is 5.90. The Morgan fingerprint density at radius 3 is 2.47 bits per heavy atom. The van der Waals surface area contributed by atoms with Crippen LogP contribution in [0.25, 0.3) is 0 Å². The molecule has 0 spiro atoms. The molecule has 0 aromatic heterocycles. The number of benzene rings is 1. The van der Waals surface area contributed by atoms with Crippen LogP contribution in [0.1, 0.15) is 6.42 Å². The van der Waals surface area contributed by atoms with E-state index in [1.807, 2.05) is 30.3 Å². The first-order valence-electron chi connectivity index (χ1n) is 6.54. The number of para-hydroxylation sites is 1. The van der Waals surface area contributed by atoms with Crippen molar-refractivity contribution >= 4 is 18.0 Å². The average Bonchev–Trinajstić information content (AvgIpc) is 2.47. The molecule has 5 heteroatoms. The van der Waals surface area contributed by atoms with Gasteiger partial charge in [-0.05, 0) is 12.1 Å². The van der Waals surface area contributed by atoms with E-state index >= 15 is 0 Å². The molecule has 0 atom stereocenters. The Labute approximate surface area is 113 Å². The van der Waals surface area contributed by atoms with Crippen molar-refractivity contribution in [3.05, 3.63) is 30.3 Å². The maximum absolute atomic E-state index is 11.8. The Balaban J connectivity index is 1.68. The maximum Gasteiger partial charge on any atom is 0.225 e. The van der Waals surface area contributed by atoms with Crippen LogP contribution in [-0.4, -0.2) is 54.8 Å². The smallest absolute Gasteiger partial charge is 0.225 e. The molecule has 0 saturated carbocycles. The van der Waals surface area contributed by atoms with Crippen LogP contribution in [0.5, 0.6) is 0 Å². The van der Waals surface area contributed by atoms with Gasteiger partial charge in [0.05, 0.1) is 0 Å². The van der Waals surface area contributed by atoms with E-state index in [9.17, 15) is 9.59 Å². The summed E-state index contributed by atoms with van der Waals surface area (Å²) in [6.45, 7) is 3.94. The summed E-state index contributed by atoms with van der Waals surface area (Å²) >= 11 is 0. The molecule has 1 aromatic carbocycles. The Bertz CT molecular complexity index is 414. The number of carbonyl (C=O) groups excluding carboxylic acids is 2. The molecule has 0 radical (unpaired) electrons. The molecule has 102 valence electrons. The van der Waals surface area contributed by atoms with Gasteiger partial charge in [0, 0.05) is 44.8 Å². The number of carbonyl (C=O) groups is 2. The lowest BCUT2D eigenvalue weighted by Crippen LogP contribution is -2.46. The number of nitrogens with one attached hydrogen (secondary N) is 1. The molecule has 2 amide bonds. The van der Waals surface area contributed by atoms with E-state index in [1.54, 1.807) is 4.90 Å². The van der Waals surface area contributed by atoms with Gasteiger partial charge in [-0.25, -0.2) is 0 Å². The molecule has 1 fully saturated rings. The van der Waals surface area contributed by atoms with E-state index < -0.39 is 0 Å². The highest BCUT2D eigenvalue weighted by Gasteiger charge is 2.15. The molecule has 0 bridgehead atoms. The van der Waals surface area contributed by atoms with Gasteiger partial charge >= 0.3 is 0 Å². The Morgan fingerprint density at radius 2 is 1.84 bits per heavy atom. The van der Waals surface area contributed by atoms with Crippen molar-refractivity contribution in [2.75, 3.05) is 38.0 Å². The monoisotopic (exact) mass is 261 g/mol. The predicted octanol–water partition coefficient (Wildman–Crippen LogP) is 0.789. The van der Waals surface area contributed by atoms with Crippen LogP contribution in [-0.2, 0) is 9.59 Å². The molecule has 19 heavy (non-hydrogen) atoms. The largest absolute Gasteiger partial charge is 0.343 e. The van der Waals surface area contributed by atoms with Crippen LogP contribution in [0.15, 0.2) is 30.3 Å². The fourth-order valence-corrected chi connectivity index (χ4v) is 2.10. The minimum absolute atomic E-state index is 0.0315. The van der Waals surface area contributed by atoms with Gasteiger partial charge in [0.2, 0.25) is 12.3 Å². The molecular weight excluding hydrogens is 242 g/mol. The summed E-state index contributed by atoms with van der Waals surface area (Å²) in [6, 6.07) is 9.46. The van der Waals surface area contributed by atoms with Crippen LogP contribution in [0.2, 0.25) is 0 Å². The molecular formula is C14H19N3O2. The summed E-state index contributed by atoms with van der Waals surface area (Å²) < 4.78 is 0. The number of anilines is 1. The first-order chi connectivity index (χ1) is 9.28. The first-order valence-corrected chi connectivity index (χ1v) is 6.54. The highest BCUT2D eigenvalue weighted by Crippen LogP contribution is 2.06. The summed E-state index contributed by atoms with van der Waals surface area (Å²) in [5.41, 5.74) is 0.832. The zero-order valence-electron chi connectivity index (χ0n) is 10.9. The summed E-state index contributed by atoms with van der Waals surface area (Å²) in [7, 11) is 0. The zero-order chi connectivity index (χ0) is 13.5. The quantitative estimate of drug-likeness (QED) is 0.797. The third-order valence-corrected chi connectivity index (χ3v) is 3.27. The third-order valence-electron chi connectivity index (χ3n) is 3.27. The van der Waals surface area contributed by atoms with E-state index in [4.69, 9.17) is 0 Å². The van der Waals surface area contributed by atoms with E-state index in [0.29, 0.717) is 6.42 Å². The lowest BCUT2D eigenvalue weighted by atomic mass is 10.2. The van der Waals surface area contributed by atoms with Crippen molar-refractivity contribution in [3.63, 3.8) is 0 Å². The third kappa shape index (κ3) is 4.37. The molecule has 5 nitrogen and oxygen atoms in total. The van der Waals surface area contributed by atoms with Gasteiger partial charge < -0.3 is 10.2 Å². The molecule has 0 aliphatic carbocycles. The van der Waals surface area contributed by atoms with Crippen LogP contribution in [0.4, 0.5) is 5.69 Å². The Hall–Kier alpha value is -1.88. The SMILES string of the molecule is O=CN1CCN(CCC(=O)Nc2ccccc2)CC1. The van der Waals surface area contributed by atoms with Crippen molar-refractivity contribution in [2.24, 2.45) is 0 Å². The van der Waals surface area contributed by atoms with Gasteiger partial charge in [-0.3, -0.25) is 14.5 Å². The van der Waals surface area contributed by atoms with Gasteiger partial charge in [-0.15, -0.1) is 0 Å². The van der Waals surface area contributed by atoms with E-state index in [0.717, 1.165) is 44.8 Å². The zero-order valence-corrected chi connectivity index (χ0v) is 10.9. The van der Waals surface area contributed by atoms with E-state index in [1.165, 1.54) is 0 Å². The highest BCUT2D eigenvalue weighted by atomic mass is 16.1. The van der Waals surface area contributed by atoms with E-state index in [2.05, 4.69) is 10.2 Å². The van der Waals surface area contributed by atoms with Gasteiger partial charge in [-0.2, -0.15) is 0 Å². The number of hydrogen-bond acceptors (Lipinski definition) is 3. The summed E-state index contributed by atoms with van der Waals surface area (Å²) in [4.78, 5) is 26.3. The minimum Gasteiger partial charge on any atom is -0.343 e. The standard InChI is InChI=1S/C14H19N3O2/c18-12-17-10-8-16(9-11-17)7-6-14(19)15-13-4-2-1-3-5-13/h1-5,12H,6-11H2,(H,15,19). The second kappa shape index (κ2) is 6.89. The van der Waals surface area contributed by atoms with Crippen LogP contribution in [0, 0.1) is 0 Å². The number of amides is 2. The van der Waals surface area contributed by atoms with Crippen LogP contribution >= 0.6 is 0 Å². The first kappa shape index (κ1) is 13.5. The van der Waals surface area contributed by atoms with Crippen molar-refractivity contribution in [2.45, 2.75) is 6.42 Å². The molecule has 1 heterocycles. The van der Waals surface area contributed by atoms with Crippen molar-refractivity contribution in [1.29, 1.82) is 0 Å². The van der Waals surface area contributed by atoms with Crippen molar-refractivity contribution in [3.8, 4) is 0 Å². The second-order valence-corrected chi connectivity index (χ2v) is 4.65. The van der Waals surface area contributed by atoms with E-state index in [-0.39, 0.29) is 5.91 Å². The second-order valence-electron chi connectivity index (χ2n) is 4.65. The normalized spacial score (nSPS) is 16.1. The average molecular weight is 261 g/mol. The number of nitrogens with zero attached hydrogens (tertiary/aromatic N) is 2. The maximum atomic E-state index is 11.8. The lowest BCUT2D eigenvalue weighted by Gasteiger charge is -2.32. The van der Waals surface area contributed by atoms with Crippen molar-refractivity contribution in [1.82, 2.24) is 9.80 Å². The van der Waals surface area contributed by atoms with Crippen molar-refractivity contribution < 1.29 is 9.59 Å². The Kier molecular flexibility index (Phi) is 4.92. The molecule has 0 unspecified atom stereocenters. The Morgan fingerprint density at radius 1 is 1.16 bits per heavy atom. The van der Waals surface area contributed by atoms with Crippen LogP contribution in [0.3, 0.4) is 0 Å². The summed E-state index contributed by atoms with van der Waals surface area (Å²) in [6.07, 6.45) is 1.37. The van der Waals surface area contributed by atoms with Gasteiger partial charge in [0.25, 0.3) is 0 Å². The van der Waals surface area contributed by atoms with Gasteiger partial charge in [0.1, 0.15) is 0 Å². The molecule has 1 aliphatic rings. The molecule has 2 rings (SSSR count). The molecule has 1 N–H and O–H groups in total. The summed E-state index contributed by atoms with van der Waals surface area (Å²) in [5, 5.41) is 2.87. The number of piperazine rings is 1. The number of hydrogen-bond donors (Lipinski definition) is 1. The molecule has 1 saturated heterocycles. The molecule has 1 aliphatic heterocycles. The number of rotatable bonds is 5. The fraction of sp³-hybridized carbons (Fsp3) is 0.429. The topological polar surface area (TPSA) is 52.7 Å². The van der Waals surface area contributed by atoms with Gasteiger partial charge in [-0.1, -0.05) is 18.2 Å². The lowest BCUT2D eigenvalue weighted by molar-refractivity contribution is -0.120.